The van der Waals surface area contributed by atoms with Gasteiger partial charge in [-0.25, -0.2) is 0 Å². The maximum Gasteiger partial charge on any atom is 0.221 e. The number of rotatable bonds is 3. The first kappa shape index (κ1) is 13.1. The zero-order valence-electron chi connectivity index (χ0n) is 10.4. The van der Waals surface area contributed by atoms with E-state index in [2.05, 4.69) is 10.6 Å². The van der Waals surface area contributed by atoms with Crippen molar-refractivity contribution >= 4 is 28.1 Å². The van der Waals surface area contributed by atoms with Crippen molar-refractivity contribution in [1.29, 1.82) is 0 Å². The molecule has 0 radical (unpaired) electrons. The molecule has 1 heterocycles. The second-order valence-electron chi connectivity index (χ2n) is 4.53. The molecule has 0 spiro atoms. The quantitative estimate of drug-likeness (QED) is 0.879. The van der Waals surface area contributed by atoms with Crippen molar-refractivity contribution in [1.82, 2.24) is 0 Å². The average molecular weight is 266 g/mol. The molecular formula is C13H18N2O2S. The van der Waals surface area contributed by atoms with Crippen molar-refractivity contribution in [2.45, 2.75) is 25.8 Å². The van der Waals surface area contributed by atoms with Crippen molar-refractivity contribution in [3.8, 4) is 0 Å². The SMILES string of the molecule is CC(=O)Nc1ccc(NC2CCS(=O)CC2)cc1. The Labute approximate surface area is 110 Å². The fraction of sp³-hybridized carbons (Fsp3) is 0.462. The lowest BCUT2D eigenvalue weighted by molar-refractivity contribution is -0.114. The first-order chi connectivity index (χ1) is 8.63. The lowest BCUT2D eigenvalue weighted by Gasteiger charge is -2.23. The molecular weight excluding hydrogens is 248 g/mol. The van der Waals surface area contributed by atoms with Gasteiger partial charge < -0.3 is 10.6 Å². The topological polar surface area (TPSA) is 58.2 Å². The summed E-state index contributed by atoms with van der Waals surface area (Å²) in [6.07, 6.45) is 1.92. The lowest BCUT2D eigenvalue weighted by atomic mass is 10.1. The predicted molar refractivity (Wildman–Crippen MR) is 75.3 cm³/mol. The van der Waals surface area contributed by atoms with Crippen LogP contribution in [0.25, 0.3) is 0 Å². The van der Waals surface area contributed by atoms with Gasteiger partial charge in [-0.1, -0.05) is 0 Å². The highest BCUT2D eigenvalue weighted by Crippen LogP contribution is 2.18. The van der Waals surface area contributed by atoms with Gasteiger partial charge in [-0.15, -0.1) is 0 Å². The van der Waals surface area contributed by atoms with Crippen LogP contribution in [-0.2, 0) is 15.6 Å². The molecule has 5 heteroatoms. The fourth-order valence-corrected chi connectivity index (χ4v) is 3.33. The molecule has 4 nitrogen and oxygen atoms in total. The number of amides is 1. The van der Waals surface area contributed by atoms with E-state index in [4.69, 9.17) is 0 Å². The molecule has 1 amide bonds. The summed E-state index contributed by atoms with van der Waals surface area (Å²) in [7, 11) is -0.617. The minimum absolute atomic E-state index is 0.0644. The Morgan fingerprint density at radius 3 is 2.28 bits per heavy atom. The summed E-state index contributed by atoms with van der Waals surface area (Å²) in [6.45, 7) is 1.49. The van der Waals surface area contributed by atoms with Gasteiger partial charge in [0.15, 0.2) is 0 Å². The molecule has 2 N–H and O–H groups in total. The summed E-state index contributed by atoms with van der Waals surface area (Å²) < 4.78 is 11.3. The Morgan fingerprint density at radius 1 is 1.17 bits per heavy atom. The van der Waals surface area contributed by atoms with Crippen LogP contribution in [0.15, 0.2) is 24.3 Å². The predicted octanol–water partition coefficient (Wildman–Crippen LogP) is 1.97. The van der Waals surface area contributed by atoms with Crippen LogP contribution in [0.1, 0.15) is 19.8 Å². The van der Waals surface area contributed by atoms with E-state index in [1.165, 1.54) is 6.92 Å². The Morgan fingerprint density at radius 2 is 1.72 bits per heavy atom. The van der Waals surface area contributed by atoms with E-state index in [0.29, 0.717) is 6.04 Å². The molecule has 0 bridgehead atoms. The van der Waals surface area contributed by atoms with Gasteiger partial charge in [0.2, 0.25) is 5.91 Å². The molecule has 0 saturated carbocycles. The molecule has 1 aliphatic rings. The molecule has 1 saturated heterocycles. The molecule has 1 aromatic carbocycles. The molecule has 1 aliphatic heterocycles. The van der Waals surface area contributed by atoms with E-state index < -0.39 is 10.8 Å². The molecule has 0 aliphatic carbocycles. The van der Waals surface area contributed by atoms with E-state index in [9.17, 15) is 9.00 Å². The summed E-state index contributed by atoms with van der Waals surface area (Å²) >= 11 is 0. The monoisotopic (exact) mass is 266 g/mol. The van der Waals surface area contributed by atoms with E-state index in [1.54, 1.807) is 0 Å². The number of hydrogen-bond donors (Lipinski definition) is 2. The van der Waals surface area contributed by atoms with Gasteiger partial charge in [-0.05, 0) is 37.1 Å². The fourth-order valence-electron chi connectivity index (χ4n) is 2.03. The number of carbonyl (C=O) groups is 1. The number of anilines is 2. The first-order valence-corrected chi connectivity index (χ1v) is 7.61. The smallest absolute Gasteiger partial charge is 0.221 e. The molecule has 0 unspecified atom stereocenters. The van der Waals surface area contributed by atoms with Crippen LogP contribution in [0.2, 0.25) is 0 Å². The molecule has 0 aromatic heterocycles. The summed E-state index contributed by atoms with van der Waals surface area (Å²) in [5, 5.41) is 6.17. The highest BCUT2D eigenvalue weighted by Gasteiger charge is 2.17. The Balaban J connectivity index is 1.90. The summed E-state index contributed by atoms with van der Waals surface area (Å²) in [4.78, 5) is 10.9. The molecule has 1 fully saturated rings. The van der Waals surface area contributed by atoms with Gasteiger partial charge in [0, 0.05) is 46.6 Å². The van der Waals surface area contributed by atoms with Crippen LogP contribution in [-0.4, -0.2) is 27.7 Å². The first-order valence-electron chi connectivity index (χ1n) is 6.12. The van der Waals surface area contributed by atoms with Crippen LogP contribution in [0.3, 0.4) is 0 Å². The van der Waals surface area contributed by atoms with Crippen LogP contribution < -0.4 is 10.6 Å². The zero-order valence-corrected chi connectivity index (χ0v) is 11.3. The summed E-state index contributed by atoms with van der Waals surface area (Å²) in [5.41, 5.74) is 1.85. The summed E-state index contributed by atoms with van der Waals surface area (Å²) in [5.74, 6) is 1.52. The van der Waals surface area contributed by atoms with E-state index in [0.717, 1.165) is 35.7 Å². The molecule has 1 aromatic rings. The van der Waals surface area contributed by atoms with Crippen LogP contribution >= 0.6 is 0 Å². The standard InChI is InChI=1S/C13H18N2O2S/c1-10(16)14-11-2-4-12(5-3-11)15-13-6-8-18(17)9-7-13/h2-5,13,15H,6-9H2,1H3,(H,14,16). The van der Waals surface area contributed by atoms with E-state index in [-0.39, 0.29) is 5.91 Å². The molecule has 98 valence electrons. The maximum absolute atomic E-state index is 11.3. The van der Waals surface area contributed by atoms with Gasteiger partial charge in [0.05, 0.1) is 0 Å². The van der Waals surface area contributed by atoms with Crippen LogP contribution in [0.5, 0.6) is 0 Å². The van der Waals surface area contributed by atoms with Crippen LogP contribution in [0.4, 0.5) is 11.4 Å². The van der Waals surface area contributed by atoms with Gasteiger partial charge in [-0.2, -0.15) is 0 Å². The third kappa shape index (κ3) is 3.84. The van der Waals surface area contributed by atoms with Crippen molar-refractivity contribution < 1.29 is 9.00 Å². The van der Waals surface area contributed by atoms with Crippen LogP contribution in [0, 0.1) is 0 Å². The second-order valence-corrected chi connectivity index (χ2v) is 6.22. The Bertz CT molecular complexity index is 435. The van der Waals surface area contributed by atoms with E-state index in [1.807, 2.05) is 24.3 Å². The number of carbonyl (C=O) groups excluding carboxylic acids is 1. The highest BCUT2D eigenvalue weighted by atomic mass is 32.2. The average Bonchev–Trinajstić information content (AvgIpc) is 2.34. The third-order valence-corrected chi connectivity index (χ3v) is 4.35. The largest absolute Gasteiger partial charge is 0.382 e. The van der Waals surface area contributed by atoms with Crippen molar-refractivity contribution in [3.05, 3.63) is 24.3 Å². The number of benzene rings is 1. The molecule has 0 atom stereocenters. The van der Waals surface area contributed by atoms with Crippen molar-refractivity contribution in [3.63, 3.8) is 0 Å². The van der Waals surface area contributed by atoms with Crippen molar-refractivity contribution in [2.75, 3.05) is 22.1 Å². The molecule has 18 heavy (non-hydrogen) atoms. The van der Waals surface area contributed by atoms with Crippen molar-refractivity contribution in [2.24, 2.45) is 0 Å². The van der Waals surface area contributed by atoms with E-state index >= 15 is 0 Å². The van der Waals surface area contributed by atoms with Gasteiger partial charge in [0.25, 0.3) is 0 Å². The Kier molecular flexibility index (Phi) is 4.36. The normalized spacial score (nSPS) is 23.4. The van der Waals surface area contributed by atoms with Gasteiger partial charge in [-0.3, -0.25) is 9.00 Å². The van der Waals surface area contributed by atoms with Gasteiger partial charge in [0.1, 0.15) is 0 Å². The third-order valence-electron chi connectivity index (χ3n) is 2.96. The lowest BCUT2D eigenvalue weighted by Crippen LogP contribution is -2.29. The number of nitrogens with one attached hydrogen (secondary N) is 2. The highest BCUT2D eigenvalue weighted by molar-refractivity contribution is 7.85. The summed E-state index contributed by atoms with van der Waals surface area (Å²) in [6, 6.07) is 8.08. The zero-order chi connectivity index (χ0) is 13.0. The molecule has 2 rings (SSSR count). The second kappa shape index (κ2) is 6.00. The Hall–Kier alpha value is -1.36. The minimum Gasteiger partial charge on any atom is -0.382 e. The maximum atomic E-state index is 11.3. The van der Waals surface area contributed by atoms with Gasteiger partial charge >= 0.3 is 0 Å². The minimum atomic E-state index is -0.617. The number of hydrogen-bond acceptors (Lipinski definition) is 3.